The number of rotatable bonds is 5. The van der Waals surface area contributed by atoms with Crippen molar-refractivity contribution in [1.82, 2.24) is 0 Å². The molecule has 2 N–H and O–H groups in total. The number of carbonyl (C=O) groups is 1. The fourth-order valence-electron chi connectivity index (χ4n) is 1.89. The van der Waals surface area contributed by atoms with E-state index in [1.54, 1.807) is 6.92 Å². The summed E-state index contributed by atoms with van der Waals surface area (Å²) < 4.78 is 0. The molecule has 0 aromatic carbocycles. The van der Waals surface area contributed by atoms with Gasteiger partial charge in [0.15, 0.2) is 0 Å². The Kier molecular flexibility index (Phi) is 3.91. The van der Waals surface area contributed by atoms with Crippen molar-refractivity contribution in [1.29, 1.82) is 0 Å². The number of Topliss-reactive ketones (excluding diaryl/α,β-unsaturated/α-hetero) is 1. The van der Waals surface area contributed by atoms with E-state index in [-0.39, 0.29) is 11.8 Å². The third-order valence-corrected chi connectivity index (χ3v) is 3.41. The molecule has 2 nitrogen and oxygen atoms in total. The lowest BCUT2D eigenvalue weighted by molar-refractivity contribution is -0.118. The summed E-state index contributed by atoms with van der Waals surface area (Å²) in [5, 5.41) is 0. The first kappa shape index (κ1) is 10.7. The molecular formula is C11H21NO. The Morgan fingerprint density at radius 1 is 1.46 bits per heavy atom. The molecule has 0 spiro atoms. The van der Waals surface area contributed by atoms with Gasteiger partial charge < -0.3 is 5.73 Å². The summed E-state index contributed by atoms with van der Waals surface area (Å²) in [7, 11) is 0. The van der Waals surface area contributed by atoms with Crippen LogP contribution in [0.15, 0.2) is 0 Å². The van der Waals surface area contributed by atoms with E-state index in [0.717, 1.165) is 24.7 Å². The quantitative estimate of drug-likeness (QED) is 0.709. The normalized spacial score (nSPS) is 22.1. The van der Waals surface area contributed by atoms with Gasteiger partial charge in [0, 0.05) is 0 Å². The van der Waals surface area contributed by atoms with Crippen molar-refractivity contribution in [3.8, 4) is 0 Å². The van der Waals surface area contributed by atoms with Crippen LogP contribution in [0.5, 0.6) is 0 Å². The summed E-state index contributed by atoms with van der Waals surface area (Å²) in [4.78, 5) is 10.9. The fraction of sp³-hybridized carbons (Fsp3) is 0.909. The summed E-state index contributed by atoms with van der Waals surface area (Å²) in [6.45, 7) is 3.87. The van der Waals surface area contributed by atoms with Gasteiger partial charge >= 0.3 is 0 Å². The second-order valence-corrected chi connectivity index (χ2v) is 4.46. The van der Waals surface area contributed by atoms with Crippen LogP contribution in [0.4, 0.5) is 0 Å². The van der Waals surface area contributed by atoms with Crippen LogP contribution in [0.25, 0.3) is 0 Å². The average molecular weight is 183 g/mol. The fourth-order valence-corrected chi connectivity index (χ4v) is 1.89. The molecule has 2 atom stereocenters. The van der Waals surface area contributed by atoms with Gasteiger partial charge in [-0.05, 0) is 31.6 Å². The Labute approximate surface area is 80.9 Å². The van der Waals surface area contributed by atoms with Gasteiger partial charge in [-0.1, -0.05) is 26.2 Å². The highest BCUT2D eigenvalue weighted by atomic mass is 16.1. The van der Waals surface area contributed by atoms with E-state index in [4.69, 9.17) is 5.73 Å². The molecule has 0 aromatic heterocycles. The van der Waals surface area contributed by atoms with Gasteiger partial charge in [0.1, 0.15) is 5.78 Å². The lowest BCUT2D eigenvalue weighted by Crippen LogP contribution is -2.30. The summed E-state index contributed by atoms with van der Waals surface area (Å²) in [5.41, 5.74) is 5.67. The van der Waals surface area contributed by atoms with Crippen molar-refractivity contribution < 1.29 is 4.79 Å². The van der Waals surface area contributed by atoms with Crippen LogP contribution in [0, 0.1) is 11.8 Å². The Bertz CT molecular complexity index is 175. The van der Waals surface area contributed by atoms with Crippen molar-refractivity contribution in [2.75, 3.05) is 0 Å². The molecule has 2 heteroatoms. The molecule has 1 aliphatic rings. The highest BCUT2D eigenvalue weighted by Gasteiger charge is 2.24. The molecule has 0 radical (unpaired) electrons. The van der Waals surface area contributed by atoms with E-state index in [9.17, 15) is 4.79 Å². The van der Waals surface area contributed by atoms with Gasteiger partial charge in [-0.15, -0.1) is 0 Å². The maximum atomic E-state index is 10.9. The molecular weight excluding hydrogens is 162 g/mol. The minimum atomic E-state index is -0.220. The second-order valence-electron chi connectivity index (χ2n) is 4.46. The molecule has 1 fully saturated rings. The SMILES string of the molecule is CC(=O)[C@@H](N)CC[C@@H](C)C1CCC1. The molecule has 0 aromatic rings. The van der Waals surface area contributed by atoms with Crippen molar-refractivity contribution in [3.63, 3.8) is 0 Å². The van der Waals surface area contributed by atoms with Crippen LogP contribution in [-0.4, -0.2) is 11.8 Å². The van der Waals surface area contributed by atoms with Gasteiger partial charge in [-0.3, -0.25) is 4.79 Å². The van der Waals surface area contributed by atoms with E-state index in [1.165, 1.54) is 19.3 Å². The molecule has 76 valence electrons. The summed E-state index contributed by atoms with van der Waals surface area (Å²) in [6.07, 6.45) is 6.15. The molecule has 0 saturated heterocycles. The summed E-state index contributed by atoms with van der Waals surface area (Å²) >= 11 is 0. The zero-order chi connectivity index (χ0) is 9.84. The topological polar surface area (TPSA) is 43.1 Å². The molecule has 1 aliphatic carbocycles. The first-order chi connectivity index (χ1) is 6.11. The lowest BCUT2D eigenvalue weighted by Gasteiger charge is -2.31. The maximum Gasteiger partial charge on any atom is 0.146 e. The van der Waals surface area contributed by atoms with Crippen molar-refractivity contribution >= 4 is 5.78 Å². The van der Waals surface area contributed by atoms with E-state index < -0.39 is 0 Å². The molecule has 0 unspecified atom stereocenters. The van der Waals surface area contributed by atoms with Crippen LogP contribution >= 0.6 is 0 Å². The van der Waals surface area contributed by atoms with Crippen LogP contribution < -0.4 is 5.73 Å². The summed E-state index contributed by atoms with van der Waals surface area (Å²) in [6, 6.07) is -0.220. The van der Waals surface area contributed by atoms with Crippen LogP contribution in [-0.2, 0) is 4.79 Å². The molecule has 0 aliphatic heterocycles. The standard InChI is InChI=1S/C11H21NO/c1-8(10-4-3-5-10)6-7-11(12)9(2)13/h8,10-11H,3-7,12H2,1-2H3/t8-,11+/m1/s1. The highest BCUT2D eigenvalue weighted by Crippen LogP contribution is 2.35. The van der Waals surface area contributed by atoms with Gasteiger partial charge in [-0.25, -0.2) is 0 Å². The number of carbonyl (C=O) groups excluding carboxylic acids is 1. The third-order valence-electron chi connectivity index (χ3n) is 3.41. The zero-order valence-corrected chi connectivity index (χ0v) is 8.75. The molecule has 1 saturated carbocycles. The lowest BCUT2D eigenvalue weighted by atomic mass is 9.75. The first-order valence-electron chi connectivity index (χ1n) is 5.37. The van der Waals surface area contributed by atoms with E-state index >= 15 is 0 Å². The van der Waals surface area contributed by atoms with E-state index in [2.05, 4.69) is 6.92 Å². The van der Waals surface area contributed by atoms with E-state index in [0.29, 0.717) is 0 Å². The van der Waals surface area contributed by atoms with Crippen molar-refractivity contribution in [2.24, 2.45) is 17.6 Å². The molecule has 0 amide bonds. The van der Waals surface area contributed by atoms with Crippen LogP contribution in [0.3, 0.4) is 0 Å². The number of ketones is 1. The first-order valence-corrected chi connectivity index (χ1v) is 5.37. The van der Waals surface area contributed by atoms with Crippen LogP contribution in [0.1, 0.15) is 46.0 Å². The Morgan fingerprint density at radius 2 is 2.08 bits per heavy atom. The van der Waals surface area contributed by atoms with Crippen molar-refractivity contribution in [3.05, 3.63) is 0 Å². The third kappa shape index (κ3) is 3.11. The monoisotopic (exact) mass is 183 g/mol. The molecule has 0 heterocycles. The minimum absolute atomic E-state index is 0.126. The Hall–Kier alpha value is -0.370. The molecule has 0 bridgehead atoms. The van der Waals surface area contributed by atoms with Gasteiger partial charge in [0.25, 0.3) is 0 Å². The Balaban J connectivity index is 2.13. The Morgan fingerprint density at radius 3 is 2.46 bits per heavy atom. The van der Waals surface area contributed by atoms with E-state index in [1.807, 2.05) is 0 Å². The average Bonchev–Trinajstić information content (AvgIpc) is 1.96. The number of hydrogen-bond acceptors (Lipinski definition) is 2. The maximum absolute atomic E-state index is 10.9. The van der Waals surface area contributed by atoms with Gasteiger partial charge in [-0.2, -0.15) is 0 Å². The van der Waals surface area contributed by atoms with Gasteiger partial charge in [0.05, 0.1) is 6.04 Å². The second kappa shape index (κ2) is 4.75. The van der Waals surface area contributed by atoms with Gasteiger partial charge in [0.2, 0.25) is 0 Å². The van der Waals surface area contributed by atoms with Crippen LogP contribution in [0.2, 0.25) is 0 Å². The molecule has 1 rings (SSSR count). The predicted octanol–water partition coefficient (Wildman–Crippen LogP) is 2.12. The largest absolute Gasteiger partial charge is 0.322 e. The number of hydrogen-bond donors (Lipinski definition) is 1. The predicted molar refractivity (Wildman–Crippen MR) is 54.4 cm³/mol. The molecule has 13 heavy (non-hydrogen) atoms. The summed E-state index contributed by atoms with van der Waals surface area (Å²) in [5.74, 6) is 1.80. The smallest absolute Gasteiger partial charge is 0.146 e. The minimum Gasteiger partial charge on any atom is -0.322 e. The zero-order valence-electron chi connectivity index (χ0n) is 8.75. The van der Waals surface area contributed by atoms with Crippen molar-refractivity contribution in [2.45, 2.75) is 52.0 Å². The highest BCUT2D eigenvalue weighted by molar-refractivity contribution is 5.81. The number of nitrogens with two attached hydrogens (primary N) is 1.